The lowest BCUT2D eigenvalue weighted by molar-refractivity contribution is 0.689. The Morgan fingerprint density at radius 2 is 1.89 bits per heavy atom. The zero-order valence-corrected chi connectivity index (χ0v) is 15.0. The van der Waals surface area contributed by atoms with Crippen LogP contribution >= 0.6 is 0 Å². The third-order valence-corrected chi connectivity index (χ3v) is 6.13. The predicted molar refractivity (Wildman–Crippen MR) is 109 cm³/mol. The summed E-state index contributed by atoms with van der Waals surface area (Å²) in [4.78, 5) is 5.14. The van der Waals surface area contributed by atoms with E-state index in [9.17, 15) is 0 Å². The zero-order chi connectivity index (χ0) is 18.0. The largest absolute Gasteiger partial charge is 0.398 e. The fourth-order valence-corrected chi connectivity index (χ4v) is 4.79. The van der Waals surface area contributed by atoms with Gasteiger partial charge in [-0.2, -0.15) is 5.10 Å². The summed E-state index contributed by atoms with van der Waals surface area (Å²) >= 11 is 0. The molecule has 4 aromatic rings. The highest BCUT2D eigenvalue weighted by Gasteiger charge is 2.22. The SMILES string of the molecule is NC1=CCc2ccc(-c3nc4ccc5[nH]ncc5c4c4c3CCCC4)cc21. The summed E-state index contributed by atoms with van der Waals surface area (Å²) in [6.45, 7) is 0. The zero-order valence-electron chi connectivity index (χ0n) is 15.0. The molecule has 0 amide bonds. The van der Waals surface area contributed by atoms with Crippen LogP contribution in [-0.2, 0) is 19.3 Å². The van der Waals surface area contributed by atoms with Gasteiger partial charge in [-0.15, -0.1) is 0 Å². The minimum absolute atomic E-state index is 0.890. The minimum atomic E-state index is 0.890. The van der Waals surface area contributed by atoms with Crippen LogP contribution in [0.5, 0.6) is 0 Å². The number of nitrogens with two attached hydrogens (primary N) is 1. The molecule has 6 rings (SSSR count). The number of rotatable bonds is 1. The second-order valence-electron chi connectivity index (χ2n) is 7.65. The molecular formula is C23H20N4. The van der Waals surface area contributed by atoms with Gasteiger partial charge in [-0.1, -0.05) is 18.2 Å². The van der Waals surface area contributed by atoms with Crippen molar-refractivity contribution in [2.45, 2.75) is 32.1 Å². The molecule has 0 saturated heterocycles. The van der Waals surface area contributed by atoms with Crippen molar-refractivity contribution in [3.05, 3.63) is 64.9 Å². The predicted octanol–water partition coefficient (Wildman–Crippen LogP) is 4.51. The Balaban J connectivity index is 1.67. The quantitative estimate of drug-likeness (QED) is 0.529. The Labute approximate surface area is 157 Å². The smallest absolute Gasteiger partial charge is 0.0744 e. The normalized spacial score (nSPS) is 15.8. The number of hydrogen-bond acceptors (Lipinski definition) is 3. The summed E-state index contributed by atoms with van der Waals surface area (Å²) in [5, 5.41) is 9.82. The topological polar surface area (TPSA) is 67.6 Å². The van der Waals surface area contributed by atoms with E-state index < -0.39 is 0 Å². The van der Waals surface area contributed by atoms with Crippen LogP contribution in [0.25, 0.3) is 38.8 Å². The van der Waals surface area contributed by atoms with E-state index >= 15 is 0 Å². The number of hydrogen-bond donors (Lipinski definition) is 2. The minimum Gasteiger partial charge on any atom is -0.398 e. The van der Waals surface area contributed by atoms with Crippen LogP contribution in [0.4, 0.5) is 0 Å². The number of nitrogens with one attached hydrogen (secondary N) is 1. The van der Waals surface area contributed by atoms with Crippen LogP contribution in [0.15, 0.2) is 42.6 Å². The van der Waals surface area contributed by atoms with Gasteiger partial charge in [0.05, 0.1) is 22.9 Å². The van der Waals surface area contributed by atoms with Crippen molar-refractivity contribution < 1.29 is 0 Å². The maximum absolute atomic E-state index is 6.20. The lowest BCUT2D eigenvalue weighted by Gasteiger charge is -2.22. The van der Waals surface area contributed by atoms with Gasteiger partial charge in [0.15, 0.2) is 0 Å². The molecular weight excluding hydrogens is 332 g/mol. The van der Waals surface area contributed by atoms with Gasteiger partial charge in [0.2, 0.25) is 0 Å². The molecule has 0 saturated carbocycles. The number of aromatic nitrogens is 3. The van der Waals surface area contributed by atoms with Gasteiger partial charge in [0.1, 0.15) is 0 Å². The molecule has 2 aromatic heterocycles. The molecule has 0 bridgehead atoms. The van der Waals surface area contributed by atoms with Gasteiger partial charge < -0.3 is 5.73 Å². The van der Waals surface area contributed by atoms with Crippen molar-refractivity contribution in [3.8, 4) is 11.3 Å². The summed E-state index contributed by atoms with van der Waals surface area (Å²) in [6, 6.07) is 10.9. The van der Waals surface area contributed by atoms with Crippen molar-refractivity contribution in [1.82, 2.24) is 15.2 Å². The van der Waals surface area contributed by atoms with Crippen LogP contribution in [0.1, 0.15) is 35.1 Å². The molecule has 2 heterocycles. The second kappa shape index (κ2) is 5.43. The summed E-state index contributed by atoms with van der Waals surface area (Å²) in [5.74, 6) is 0. The number of nitrogens with zero attached hydrogens (tertiary/aromatic N) is 2. The fraction of sp³-hybridized carbons (Fsp3) is 0.217. The van der Waals surface area contributed by atoms with Gasteiger partial charge in [-0.3, -0.25) is 5.10 Å². The van der Waals surface area contributed by atoms with Crippen LogP contribution in [0.3, 0.4) is 0 Å². The third kappa shape index (κ3) is 2.10. The molecule has 4 nitrogen and oxygen atoms in total. The van der Waals surface area contributed by atoms with Gasteiger partial charge >= 0.3 is 0 Å². The second-order valence-corrected chi connectivity index (χ2v) is 7.65. The summed E-state index contributed by atoms with van der Waals surface area (Å²) in [5.41, 5.74) is 16.9. The number of benzene rings is 2. The first kappa shape index (κ1) is 15.0. The van der Waals surface area contributed by atoms with Crippen LogP contribution < -0.4 is 5.73 Å². The van der Waals surface area contributed by atoms with Crippen molar-refractivity contribution >= 4 is 27.5 Å². The molecule has 27 heavy (non-hydrogen) atoms. The lowest BCUT2D eigenvalue weighted by Crippen LogP contribution is -2.08. The molecule has 4 heteroatoms. The Bertz CT molecular complexity index is 1260. The van der Waals surface area contributed by atoms with Crippen molar-refractivity contribution in [3.63, 3.8) is 0 Å². The highest BCUT2D eigenvalue weighted by Crippen LogP contribution is 2.39. The van der Waals surface area contributed by atoms with E-state index in [0.717, 1.165) is 41.7 Å². The summed E-state index contributed by atoms with van der Waals surface area (Å²) < 4.78 is 0. The van der Waals surface area contributed by atoms with E-state index in [1.54, 1.807) is 0 Å². The number of H-pyrrole nitrogens is 1. The molecule has 0 radical (unpaired) electrons. The number of aryl methyl sites for hydroxylation is 1. The molecule has 0 spiro atoms. The summed E-state index contributed by atoms with van der Waals surface area (Å²) in [7, 11) is 0. The Hall–Kier alpha value is -3.14. The van der Waals surface area contributed by atoms with E-state index in [0.29, 0.717) is 0 Å². The standard InChI is InChI=1S/C23H20N4/c24-19-8-7-13-5-6-14(11-17(13)19)23-16-4-2-1-3-15(16)22-18-12-25-27-20(18)9-10-21(22)26-23/h5-6,8-12H,1-4,7,24H2,(H,25,27). The Kier molecular flexibility index (Phi) is 3.01. The molecule has 3 N–H and O–H groups in total. The van der Waals surface area contributed by atoms with Crippen molar-refractivity contribution in [2.24, 2.45) is 5.73 Å². The average molecular weight is 352 g/mol. The molecule has 0 atom stereocenters. The fourth-order valence-electron chi connectivity index (χ4n) is 4.79. The molecule has 132 valence electrons. The molecule has 2 aliphatic carbocycles. The van der Waals surface area contributed by atoms with E-state index in [1.807, 2.05) is 6.20 Å². The average Bonchev–Trinajstić information content (AvgIpc) is 3.33. The van der Waals surface area contributed by atoms with Gasteiger partial charge in [0.25, 0.3) is 0 Å². The number of pyridine rings is 1. The molecule has 2 aromatic carbocycles. The first-order chi connectivity index (χ1) is 13.3. The van der Waals surface area contributed by atoms with Crippen molar-refractivity contribution in [2.75, 3.05) is 0 Å². The molecule has 0 aliphatic heterocycles. The first-order valence-electron chi connectivity index (χ1n) is 9.66. The third-order valence-electron chi connectivity index (χ3n) is 6.13. The number of aromatic amines is 1. The Morgan fingerprint density at radius 3 is 2.81 bits per heavy atom. The molecule has 0 fully saturated rings. The monoisotopic (exact) mass is 352 g/mol. The van der Waals surface area contributed by atoms with Crippen molar-refractivity contribution in [1.29, 1.82) is 0 Å². The van der Waals surface area contributed by atoms with Gasteiger partial charge in [-0.25, -0.2) is 4.98 Å². The van der Waals surface area contributed by atoms with E-state index in [4.69, 9.17) is 10.7 Å². The van der Waals surface area contributed by atoms with E-state index in [2.05, 4.69) is 46.6 Å². The first-order valence-corrected chi connectivity index (χ1v) is 9.66. The van der Waals surface area contributed by atoms with E-state index in [-0.39, 0.29) is 0 Å². The highest BCUT2D eigenvalue weighted by molar-refractivity contribution is 6.07. The molecule has 2 aliphatic rings. The Morgan fingerprint density at radius 1 is 1.00 bits per heavy atom. The lowest BCUT2D eigenvalue weighted by atomic mass is 9.85. The maximum atomic E-state index is 6.20. The van der Waals surface area contributed by atoms with Gasteiger partial charge in [0, 0.05) is 27.6 Å². The number of allylic oxidation sites excluding steroid dienone is 1. The van der Waals surface area contributed by atoms with Gasteiger partial charge in [-0.05, 0) is 67.0 Å². The van der Waals surface area contributed by atoms with Crippen LogP contribution in [0.2, 0.25) is 0 Å². The van der Waals surface area contributed by atoms with Crippen LogP contribution in [0, 0.1) is 0 Å². The molecule has 0 unspecified atom stereocenters. The van der Waals surface area contributed by atoms with E-state index in [1.165, 1.54) is 51.4 Å². The maximum Gasteiger partial charge on any atom is 0.0744 e. The number of fused-ring (bicyclic) bond motifs is 6. The highest BCUT2D eigenvalue weighted by atomic mass is 15.1. The van der Waals surface area contributed by atoms with Crippen LogP contribution in [-0.4, -0.2) is 15.2 Å². The summed E-state index contributed by atoms with van der Waals surface area (Å²) in [6.07, 6.45) is 9.63.